The van der Waals surface area contributed by atoms with Crippen molar-refractivity contribution < 1.29 is 19.1 Å². The number of hydrogen-bond donors (Lipinski definition) is 1. The molecule has 30 heavy (non-hydrogen) atoms. The van der Waals surface area contributed by atoms with E-state index in [4.69, 9.17) is 21.1 Å². The van der Waals surface area contributed by atoms with Crippen LogP contribution >= 0.6 is 11.6 Å². The van der Waals surface area contributed by atoms with Crippen molar-refractivity contribution in [3.63, 3.8) is 0 Å². The highest BCUT2D eigenvalue weighted by molar-refractivity contribution is 6.30. The third-order valence-electron chi connectivity index (χ3n) is 5.22. The molecule has 1 saturated heterocycles. The topological polar surface area (TPSA) is 67.9 Å². The van der Waals surface area contributed by atoms with Crippen molar-refractivity contribution >= 4 is 23.4 Å². The molecule has 1 aliphatic heterocycles. The lowest BCUT2D eigenvalue weighted by Crippen LogP contribution is -2.40. The molecule has 7 heteroatoms. The summed E-state index contributed by atoms with van der Waals surface area (Å²) in [6.45, 7) is 3.49. The Morgan fingerprint density at radius 1 is 1.10 bits per heavy atom. The van der Waals surface area contributed by atoms with Crippen molar-refractivity contribution in [1.29, 1.82) is 0 Å². The van der Waals surface area contributed by atoms with Crippen LogP contribution in [0.1, 0.15) is 35.7 Å². The first kappa shape index (κ1) is 22.0. The maximum atomic E-state index is 12.5. The third-order valence-corrected chi connectivity index (χ3v) is 5.47. The van der Waals surface area contributed by atoms with E-state index in [1.807, 2.05) is 29.2 Å². The number of carbonyl (C=O) groups is 2. The zero-order valence-electron chi connectivity index (χ0n) is 17.3. The Kier molecular flexibility index (Phi) is 7.57. The van der Waals surface area contributed by atoms with Gasteiger partial charge in [0.15, 0.2) is 11.5 Å². The standard InChI is InChI=1S/C23H27ClN2O4/c1-16(27)26-13-10-20(11-14-26)30-21-8-5-18(15-22(21)29-2)23(28)25-12-9-17-3-6-19(24)7-4-17/h3-8,15,20H,9-14H2,1-2H3,(H,25,28). The van der Waals surface area contributed by atoms with Crippen LogP contribution in [0.15, 0.2) is 42.5 Å². The fourth-order valence-electron chi connectivity index (χ4n) is 3.45. The summed E-state index contributed by atoms with van der Waals surface area (Å²) in [5, 5.41) is 3.62. The van der Waals surface area contributed by atoms with Crippen molar-refractivity contribution in [2.45, 2.75) is 32.3 Å². The number of carbonyl (C=O) groups excluding carboxylic acids is 2. The Balaban J connectivity index is 1.54. The molecule has 0 atom stereocenters. The quantitative estimate of drug-likeness (QED) is 0.727. The Hall–Kier alpha value is -2.73. The molecular formula is C23H27ClN2O4. The number of piperidine rings is 1. The van der Waals surface area contributed by atoms with Crippen LogP contribution in [0.25, 0.3) is 0 Å². The van der Waals surface area contributed by atoms with Gasteiger partial charge in [0.05, 0.1) is 7.11 Å². The number of amides is 2. The number of halogens is 1. The molecule has 1 fully saturated rings. The number of rotatable bonds is 7. The minimum absolute atomic E-state index is 0.0218. The van der Waals surface area contributed by atoms with Gasteiger partial charge >= 0.3 is 0 Å². The fraction of sp³-hybridized carbons (Fsp3) is 0.391. The highest BCUT2D eigenvalue weighted by atomic mass is 35.5. The van der Waals surface area contributed by atoms with Crippen LogP contribution in [0.2, 0.25) is 5.02 Å². The van der Waals surface area contributed by atoms with Gasteiger partial charge in [-0.1, -0.05) is 23.7 Å². The molecule has 2 aromatic rings. The molecule has 0 unspecified atom stereocenters. The zero-order valence-corrected chi connectivity index (χ0v) is 18.1. The van der Waals surface area contributed by atoms with Crippen molar-refractivity contribution in [3.8, 4) is 11.5 Å². The SMILES string of the molecule is COc1cc(C(=O)NCCc2ccc(Cl)cc2)ccc1OC1CCN(C(C)=O)CC1. The van der Waals surface area contributed by atoms with Crippen LogP contribution in [-0.2, 0) is 11.2 Å². The van der Waals surface area contributed by atoms with E-state index in [-0.39, 0.29) is 17.9 Å². The monoisotopic (exact) mass is 430 g/mol. The number of nitrogens with one attached hydrogen (secondary N) is 1. The van der Waals surface area contributed by atoms with E-state index in [0.29, 0.717) is 41.7 Å². The maximum Gasteiger partial charge on any atom is 0.251 e. The van der Waals surface area contributed by atoms with E-state index in [1.54, 1.807) is 32.2 Å². The molecule has 3 rings (SSSR count). The number of methoxy groups -OCH3 is 1. The van der Waals surface area contributed by atoms with Crippen LogP contribution in [0, 0.1) is 0 Å². The van der Waals surface area contributed by atoms with Gasteiger partial charge in [-0.15, -0.1) is 0 Å². The molecule has 0 bridgehead atoms. The normalized spacial score (nSPS) is 14.3. The average Bonchev–Trinajstić information content (AvgIpc) is 2.75. The molecule has 0 radical (unpaired) electrons. The van der Waals surface area contributed by atoms with Crippen molar-refractivity contribution in [3.05, 3.63) is 58.6 Å². The highest BCUT2D eigenvalue weighted by Crippen LogP contribution is 2.30. The molecule has 2 amide bonds. The van der Waals surface area contributed by atoms with Gasteiger partial charge in [0, 0.05) is 50.0 Å². The maximum absolute atomic E-state index is 12.5. The highest BCUT2D eigenvalue weighted by Gasteiger charge is 2.23. The smallest absolute Gasteiger partial charge is 0.251 e. The summed E-state index contributed by atoms with van der Waals surface area (Å²) in [5.74, 6) is 1.06. The number of ether oxygens (including phenoxy) is 2. The molecule has 0 spiro atoms. The molecule has 0 aliphatic carbocycles. The van der Waals surface area contributed by atoms with E-state index < -0.39 is 0 Å². The van der Waals surface area contributed by atoms with E-state index in [1.165, 1.54) is 0 Å². The second kappa shape index (κ2) is 10.3. The summed E-state index contributed by atoms with van der Waals surface area (Å²) in [5.41, 5.74) is 1.62. The summed E-state index contributed by atoms with van der Waals surface area (Å²) in [4.78, 5) is 25.8. The fourth-order valence-corrected chi connectivity index (χ4v) is 3.57. The summed E-state index contributed by atoms with van der Waals surface area (Å²) in [6.07, 6.45) is 2.29. The van der Waals surface area contributed by atoms with Gasteiger partial charge in [-0.05, 0) is 42.3 Å². The van der Waals surface area contributed by atoms with Crippen molar-refractivity contribution in [1.82, 2.24) is 10.2 Å². The third kappa shape index (κ3) is 5.89. The van der Waals surface area contributed by atoms with Gasteiger partial charge in [-0.2, -0.15) is 0 Å². The number of hydrogen-bond acceptors (Lipinski definition) is 4. The molecule has 160 valence electrons. The van der Waals surface area contributed by atoms with Crippen LogP contribution < -0.4 is 14.8 Å². The second-order valence-corrected chi connectivity index (χ2v) is 7.76. The average molecular weight is 431 g/mol. The van der Waals surface area contributed by atoms with Crippen LogP contribution in [0.5, 0.6) is 11.5 Å². The number of benzene rings is 2. The summed E-state index contributed by atoms with van der Waals surface area (Å²) in [7, 11) is 1.56. The lowest BCUT2D eigenvalue weighted by molar-refractivity contribution is -0.130. The van der Waals surface area contributed by atoms with E-state index in [0.717, 1.165) is 24.8 Å². The lowest BCUT2D eigenvalue weighted by Gasteiger charge is -2.31. The summed E-state index contributed by atoms with van der Waals surface area (Å²) >= 11 is 5.89. The Morgan fingerprint density at radius 2 is 1.80 bits per heavy atom. The first-order valence-electron chi connectivity index (χ1n) is 10.1. The van der Waals surface area contributed by atoms with Crippen molar-refractivity contribution in [2.24, 2.45) is 0 Å². The minimum atomic E-state index is -0.163. The van der Waals surface area contributed by atoms with Gasteiger partial charge in [0.1, 0.15) is 6.10 Å². The summed E-state index contributed by atoms with van der Waals surface area (Å²) < 4.78 is 11.5. The van der Waals surface area contributed by atoms with Crippen LogP contribution in [0.3, 0.4) is 0 Å². The molecule has 0 saturated carbocycles. The van der Waals surface area contributed by atoms with Crippen LogP contribution in [0.4, 0.5) is 0 Å². The van der Waals surface area contributed by atoms with Gasteiger partial charge in [0.2, 0.25) is 5.91 Å². The zero-order chi connectivity index (χ0) is 21.5. The van der Waals surface area contributed by atoms with Gasteiger partial charge in [0.25, 0.3) is 5.91 Å². The molecule has 1 N–H and O–H groups in total. The number of likely N-dealkylation sites (tertiary alicyclic amines) is 1. The van der Waals surface area contributed by atoms with E-state index in [2.05, 4.69) is 5.32 Å². The molecule has 1 aliphatic rings. The second-order valence-electron chi connectivity index (χ2n) is 7.32. The first-order valence-corrected chi connectivity index (χ1v) is 10.5. The Labute approximate surface area is 182 Å². The van der Waals surface area contributed by atoms with Gasteiger partial charge < -0.3 is 19.7 Å². The Bertz CT molecular complexity index is 877. The van der Waals surface area contributed by atoms with Gasteiger partial charge in [-0.25, -0.2) is 0 Å². The molecule has 0 aromatic heterocycles. The summed E-state index contributed by atoms with van der Waals surface area (Å²) in [6, 6.07) is 12.8. The predicted octanol–water partition coefficient (Wildman–Crippen LogP) is 3.71. The number of nitrogens with zero attached hydrogens (tertiary/aromatic N) is 1. The van der Waals surface area contributed by atoms with Gasteiger partial charge in [-0.3, -0.25) is 9.59 Å². The van der Waals surface area contributed by atoms with Crippen molar-refractivity contribution in [2.75, 3.05) is 26.7 Å². The van der Waals surface area contributed by atoms with E-state index in [9.17, 15) is 9.59 Å². The first-order chi connectivity index (χ1) is 14.5. The largest absolute Gasteiger partial charge is 0.493 e. The molecule has 6 nitrogen and oxygen atoms in total. The Morgan fingerprint density at radius 3 is 2.43 bits per heavy atom. The lowest BCUT2D eigenvalue weighted by atomic mass is 10.1. The molecule has 1 heterocycles. The molecule has 2 aromatic carbocycles. The minimum Gasteiger partial charge on any atom is -0.493 e. The van der Waals surface area contributed by atoms with E-state index >= 15 is 0 Å². The van der Waals surface area contributed by atoms with Crippen LogP contribution in [-0.4, -0.2) is 49.6 Å². The molecular weight excluding hydrogens is 404 g/mol. The predicted molar refractivity (Wildman–Crippen MR) is 116 cm³/mol.